The minimum Gasteiger partial charge on any atom is -0.497 e. The second kappa shape index (κ2) is 5.63. The molecule has 0 spiro atoms. The summed E-state index contributed by atoms with van der Waals surface area (Å²) in [5.74, 6) is 0.855. The van der Waals surface area contributed by atoms with Crippen LogP contribution in [0.25, 0.3) is 0 Å². The lowest BCUT2D eigenvalue weighted by molar-refractivity contribution is -0.118. The van der Waals surface area contributed by atoms with E-state index in [9.17, 15) is 4.79 Å². The van der Waals surface area contributed by atoms with Crippen molar-refractivity contribution >= 4 is 23.4 Å². The number of methoxy groups -OCH3 is 1. The lowest BCUT2D eigenvalue weighted by atomic mass is 10.2. The van der Waals surface area contributed by atoms with Crippen LogP contribution in [0.3, 0.4) is 0 Å². The Bertz CT molecular complexity index is 451. The SMILES string of the molecule is COc1ccc2c(c1)N(C(=O)CCN)CC(C)S2. The highest BCUT2D eigenvalue weighted by atomic mass is 32.2. The van der Waals surface area contributed by atoms with Gasteiger partial charge in [0.1, 0.15) is 5.75 Å². The van der Waals surface area contributed by atoms with Gasteiger partial charge in [-0.15, -0.1) is 11.8 Å². The molecule has 2 rings (SSSR count). The number of nitrogens with two attached hydrogens (primary N) is 1. The molecular formula is C13H18N2O2S. The van der Waals surface area contributed by atoms with Crippen molar-refractivity contribution in [3.05, 3.63) is 18.2 Å². The summed E-state index contributed by atoms with van der Waals surface area (Å²) in [5.41, 5.74) is 6.41. The van der Waals surface area contributed by atoms with Crippen LogP contribution < -0.4 is 15.4 Å². The lowest BCUT2D eigenvalue weighted by Gasteiger charge is -2.33. The molecule has 98 valence electrons. The molecule has 1 aromatic rings. The molecule has 0 saturated carbocycles. The Morgan fingerprint density at radius 1 is 1.61 bits per heavy atom. The number of hydrogen-bond donors (Lipinski definition) is 1. The summed E-state index contributed by atoms with van der Waals surface area (Å²) in [6.07, 6.45) is 0.383. The number of anilines is 1. The zero-order valence-electron chi connectivity index (χ0n) is 10.7. The van der Waals surface area contributed by atoms with E-state index in [1.165, 1.54) is 0 Å². The van der Waals surface area contributed by atoms with Crippen molar-refractivity contribution in [3.8, 4) is 5.75 Å². The van der Waals surface area contributed by atoms with E-state index in [2.05, 4.69) is 6.92 Å². The Labute approximate surface area is 111 Å². The van der Waals surface area contributed by atoms with Crippen LogP contribution in [0.15, 0.2) is 23.1 Å². The molecule has 1 heterocycles. The van der Waals surface area contributed by atoms with Gasteiger partial charge in [-0.25, -0.2) is 0 Å². The summed E-state index contributed by atoms with van der Waals surface area (Å²) >= 11 is 1.79. The van der Waals surface area contributed by atoms with Crippen molar-refractivity contribution in [3.63, 3.8) is 0 Å². The molecule has 1 atom stereocenters. The quantitative estimate of drug-likeness (QED) is 0.907. The number of benzene rings is 1. The van der Waals surface area contributed by atoms with Crippen molar-refractivity contribution in [1.82, 2.24) is 0 Å². The van der Waals surface area contributed by atoms with Gasteiger partial charge in [0, 0.05) is 35.7 Å². The maximum Gasteiger partial charge on any atom is 0.228 e. The number of nitrogens with zero attached hydrogens (tertiary/aromatic N) is 1. The Morgan fingerprint density at radius 2 is 2.39 bits per heavy atom. The number of fused-ring (bicyclic) bond motifs is 1. The van der Waals surface area contributed by atoms with Gasteiger partial charge in [0.05, 0.1) is 12.8 Å². The Kier molecular flexibility index (Phi) is 4.14. The first kappa shape index (κ1) is 13.2. The zero-order valence-corrected chi connectivity index (χ0v) is 11.5. The first-order chi connectivity index (χ1) is 8.65. The molecule has 1 aliphatic heterocycles. The summed E-state index contributed by atoms with van der Waals surface area (Å²) in [6, 6.07) is 5.86. The van der Waals surface area contributed by atoms with Crippen LogP contribution in [0.5, 0.6) is 5.75 Å². The highest BCUT2D eigenvalue weighted by Gasteiger charge is 2.26. The van der Waals surface area contributed by atoms with Crippen molar-refractivity contribution in [2.75, 3.05) is 25.1 Å². The van der Waals surface area contributed by atoms with Gasteiger partial charge < -0.3 is 15.4 Å². The second-order valence-electron chi connectivity index (χ2n) is 4.31. The topological polar surface area (TPSA) is 55.6 Å². The van der Waals surface area contributed by atoms with E-state index in [1.54, 1.807) is 18.9 Å². The highest BCUT2D eigenvalue weighted by Crippen LogP contribution is 2.40. The predicted octanol–water partition coefficient (Wildman–Crippen LogP) is 1.87. The van der Waals surface area contributed by atoms with E-state index in [-0.39, 0.29) is 5.91 Å². The normalized spacial score (nSPS) is 18.4. The molecule has 0 bridgehead atoms. The third kappa shape index (κ3) is 2.62. The number of ether oxygens (including phenoxy) is 1. The first-order valence-electron chi connectivity index (χ1n) is 6.01. The number of rotatable bonds is 3. The molecule has 4 nitrogen and oxygen atoms in total. The summed E-state index contributed by atoms with van der Waals surface area (Å²) in [7, 11) is 1.63. The van der Waals surface area contributed by atoms with Gasteiger partial charge in [0.2, 0.25) is 5.91 Å². The van der Waals surface area contributed by atoms with Gasteiger partial charge in [-0.3, -0.25) is 4.79 Å². The fourth-order valence-corrected chi connectivity index (χ4v) is 3.13. The lowest BCUT2D eigenvalue weighted by Crippen LogP contribution is -2.39. The van der Waals surface area contributed by atoms with E-state index >= 15 is 0 Å². The molecule has 0 saturated heterocycles. The van der Waals surface area contributed by atoms with E-state index < -0.39 is 0 Å². The van der Waals surface area contributed by atoms with E-state index in [1.807, 2.05) is 23.1 Å². The summed E-state index contributed by atoms with van der Waals surface area (Å²) in [5, 5.41) is 0.396. The van der Waals surface area contributed by atoms with Gasteiger partial charge in [0.15, 0.2) is 0 Å². The largest absolute Gasteiger partial charge is 0.497 e. The van der Waals surface area contributed by atoms with Crippen LogP contribution in [0.4, 0.5) is 5.69 Å². The Hall–Kier alpha value is -1.20. The predicted molar refractivity (Wildman–Crippen MR) is 74.3 cm³/mol. The molecule has 18 heavy (non-hydrogen) atoms. The van der Waals surface area contributed by atoms with Crippen LogP contribution in [0, 0.1) is 0 Å². The van der Waals surface area contributed by atoms with Crippen LogP contribution in [-0.2, 0) is 4.79 Å². The summed E-state index contributed by atoms with van der Waals surface area (Å²) in [6.45, 7) is 3.24. The minimum absolute atomic E-state index is 0.0825. The third-order valence-corrected chi connectivity index (χ3v) is 4.03. The smallest absolute Gasteiger partial charge is 0.228 e. The van der Waals surface area contributed by atoms with Crippen LogP contribution in [0.1, 0.15) is 13.3 Å². The van der Waals surface area contributed by atoms with Gasteiger partial charge in [-0.05, 0) is 12.1 Å². The van der Waals surface area contributed by atoms with E-state index in [4.69, 9.17) is 10.5 Å². The zero-order chi connectivity index (χ0) is 13.1. The highest BCUT2D eigenvalue weighted by molar-refractivity contribution is 8.00. The molecule has 2 N–H and O–H groups in total. The molecule has 1 unspecified atom stereocenters. The molecule has 0 radical (unpaired) electrons. The summed E-state index contributed by atoms with van der Waals surface area (Å²) < 4.78 is 5.22. The third-order valence-electron chi connectivity index (χ3n) is 2.88. The van der Waals surface area contributed by atoms with Crippen molar-refractivity contribution in [2.24, 2.45) is 5.73 Å². The van der Waals surface area contributed by atoms with Gasteiger partial charge in [0.25, 0.3) is 0 Å². The number of hydrogen-bond acceptors (Lipinski definition) is 4. The Balaban J connectivity index is 2.36. The number of thioether (sulfide) groups is 1. The molecule has 0 aliphatic carbocycles. The number of carbonyl (C=O) groups excluding carboxylic acids is 1. The van der Waals surface area contributed by atoms with E-state index in [0.717, 1.165) is 22.9 Å². The molecule has 5 heteroatoms. The number of carbonyl (C=O) groups is 1. The molecule has 1 aromatic carbocycles. The Morgan fingerprint density at radius 3 is 3.06 bits per heavy atom. The molecule has 1 amide bonds. The van der Waals surface area contributed by atoms with Crippen LogP contribution >= 0.6 is 11.8 Å². The van der Waals surface area contributed by atoms with E-state index in [0.29, 0.717) is 18.2 Å². The standard InChI is InChI=1S/C13H18N2O2S/c1-9-8-15(13(16)5-6-14)11-7-10(17-2)3-4-12(11)18-9/h3-4,7,9H,5-6,8,14H2,1-2H3. The molecule has 0 fully saturated rings. The summed E-state index contributed by atoms with van der Waals surface area (Å²) in [4.78, 5) is 15.1. The fourth-order valence-electron chi connectivity index (χ4n) is 2.04. The minimum atomic E-state index is 0.0825. The maximum absolute atomic E-state index is 12.1. The van der Waals surface area contributed by atoms with Crippen molar-refractivity contribution < 1.29 is 9.53 Å². The molecule has 1 aliphatic rings. The van der Waals surface area contributed by atoms with Crippen LogP contribution in [-0.4, -0.2) is 31.4 Å². The van der Waals surface area contributed by atoms with Gasteiger partial charge in [-0.2, -0.15) is 0 Å². The van der Waals surface area contributed by atoms with Crippen molar-refractivity contribution in [2.45, 2.75) is 23.5 Å². The first-order valence-corrected chi connectivity index (χ1v) is 6.88. The van der Waals surface area contributed by atoms with Gasteiger partial charge in [-0.1, -0.05) is 6.92 Å². The van der Waals surface area contributed by atoms with Crippen molar-refractivity contribution in [1.29, 1.82) is 0 Å². The molecule has 0 aromatic heterocycles. The monoisotopic (exact) mass is 266 g/mol. The second-order valence-corrected chi connectivity index (χ2v) is 5.79. The van der Waals surface area contributed by atoms with Gasteiger partial charge >= 0.3 is 0 Å². The molecular weight excluding hydrogens is 248 g/mol. The fraction of sp³-hybridized carbons (Fsp3) is 0.462. The average molecular weight is 266 g/mol. The average Bonchev–Trinajstić information content (AvgIpc) is 2.37. The van der Waals surface area contributed by atoms with Crippen LogP contribution in [0.2, 0.25) is 0 Å². The maximum atomic E-state index is 12.1. The number of amides is 1.